The fraction of sp³-hybridized carbons (Fsp3) is 0. The Hall–Kier alpha value is -1.84. The summed E-state index contributed by atoms with van der Waals surface area (Å²) in [5, 5.41) is 0. The molecule has 0 spiro atoms. The monoisotopic (exact) mass is 208 g/mol. The molecule has 0 atom stereocenters. The van der Waals surface area contributed by atoms with Gasteiger partial charge in [0.2, 0.25) is 0 Å². The minimum absolute atomic E-state index is 0.0324. The fourth-order valence-corrected chi connectivity index (χ4v) is 1.21. The van der Waals surface area contributed by atoms with Gasteiger partial charge in [0, 0.05) is 17.7 Å². The lowest BCUT2D eigenvalue weighted by Crippen LogP contribution is -1.93. The molecular weight excluding hydrogens is 203 g/mol. The molecule has 1 radical (unpaired) electrons. The van der Waals surface area contributed by atoms with E-state index >= 15 is 0 Å². The second kappa shape index (κ2) is 3.73. The maximum absolute atomic E-state index is 13.2. The molecule has 1 heterocycles. The number of hydrogen-bond donors (Lipinski definition) is 0. The van der Waals surface area contributed by atoms with E-state index < -0.39 is 17.5 Å². The molecule has 15 heavy (non-hydrogen) atoms. The number of nitrogens with zero attached hydrogens (tertiary/aromatic N) is 1. The molecule has 1 nitrogen and oxygen atoms in total. The van der Waals surface area contributed by atoms with Crippen LogP contribution in [0.5, 0.6) is 0 Å². The molecule has 0 unspecified atom stereocenters. The van der Waals surface area contributed by atoms with Crippen LogP contribution in [0.15, 0.2) is 30.5 Å². The Morgan fingerprint density at radius 1 is 1.20 bits per heavy atom. The first-order chi connectivity index (χ1) is 7.18. The van der Waals surface area contributed by atoms with Gasteiger partial charge in [-0.25, -0.2) is 13.2 Å². The molecule has 0 N–H and O–H groups in total. The Morgan fingerprint density at radius 2 is 2.00 bits per heavy atom. The third-order valence-electron chi connectivity index (χ3n) is 1.87. The summed E-state index contributed by atoms with van der Waals surface area (Å²) >= 11 is 0. The molecule has 0 saturated carbocycles. The standard InChI is InChI=1S/C11H5F3N/c12-7-5-10(14)11(15-6-7)8-3-1-2-4-9(8)13/h1-3,5-6H. The zero-order valence-electron chi connectivity index (χ0n) is 7.47. The predicted molar refractivity (Wildman–Crippen MR) is 48.4 cm³/mol. The Labute approximate surface area is 84.2 Å². The van der Waals surface area contributed by atoms with Crippen LogP contribution in [0.4, 0.5) is 13.2 Å². The highest BCUT2D eigenvalue weighted by Gasteiger charge is 2.11. The van der Waals surface area contributed by atoms with Gasteiger partial charge in [0.1, 0.15) is 17.3 Å². The number of pyridine rings is 1. The fourth-order valence-electron chi connectivity index (χ4n) is 1.21. The van der Waals surface area contributed by atoms with Gasteiger partial charge in [0.15, 0.2) is 5.82 Å². The third-order valence-corrected chi connectivity index (χ3v) is 1.87. The molecule has 1 aromatic heterocycles. The van der Waals surface area contributed by atoms with Crippen LogP contribution in [0.3, 0.4) is 0 Å². The van der Waals surface area contributed by atoms with Gasteiger partial charge in [-0.15, -0.1) is 0 Å². The SMILES string of the molecule is Fc1cnc(-c2ccc[c]c2F)c(F)c1. The maximum atomic E-state index is 13.2. The van der Waals surface area contributed by atoms with Gasteiger partial charge in [-0.05, 0) is 6.07 Å². The van der Waals surface area contributed by atoms with Crippen molar-refractivity contribution in [3.8, 4) is 11.3 Å². The molecule has 0 aliphatic carbocycles. The summed E-state index contributed by atoms with van der Waals surface area (Å²) in [6.45, 7) is 0. The van der Waals surface area contributed by atoms with E-state index in [0.717, 1.165) is 6.20 Å². The minimum Gasteiger partial charge on any atom is -0.250 e. The molecule has 0 saturated heterocycles. The van der Waals surface area contributed by atoms with E-state index in [1.807, 2.05) is 0 Å². The first kappa shape index (κ1) is 9.71. The Bertz CT molecular complexity index is 497. The summed E-state index contributed by atoms with van der Waals surface area (Å²) in [7, 11) is 0. The summed E-state index contributed by atoms with van der Waals surface area (Å²) in [5.41, 5.74) is -0.249. The summed E-state index contributed by atoms with van der Waals surface area (Å²) in [6.07, 6.45) is 0.838. The lowest BCUT2D eigenvalue weighted by molar-refractivity contribution is 0.573. The molecule has 4 heteroatoms. The van der Waals surface area contributed by atoms with Crippen LogP contribution in [0.1, 0.15) is 0 Å². The predicted octanol–water partition coefficient (Wildman–Crippen LogP) is 2.97. The lowest BCUT2D eigenvalue weighted by atomic mass is 10.1. The number of halogens is 3. The van der Waals surface area contributed by atoms with Gasteiger partial charge in [-0.2, -0.15) is 0 Å². The molecule has 0 aliphatic heterocycles. The zero-order valence-corrected chi connectivity index (χ0v) is 7.47. The van der Waals surface area contributed by atoms with Gasteiger partial charge in [0.25, 0.3) is 0 Å². The van der Waals surface area contributed by atoms with Crippen molar-refractivity contribution in [3.05, 3.63) is 54.0 Å². The van der Waals surface area contributed by atoms with E-state index in [9.17, 15) is 13.2 Å². The second-order valence-corrected chi connectivity index (χ2v) is 2.88. The first-order valence-electron chi connectivity index (χ1n) is 4.16. The number of hydrogen-bond acceptors (Lipinski definition) is 1. The molecule has 2 rings (SSSR count). The van der Waals surface area contributed by atoms with Crippen LogP contribution in [0, 0.1) is 23.5 Å². The highest BCUT2D eigenvalue weighted by atomic mass is 19.1. The highest BCUT2D eigenvalue weighted by molar-refractivity contribution is 5.59. The van der Waals surface area contributed by atoms with Crippen molar-refractivity contribution in [2.24, 2.45) is 0 Å². The topological polar surface area (TPSA) is 12.9 Å². The molecule has 0 amide bonds. The van der Waals surface area contributed by atoms with Crippen molar-refractivity contribution in [1.29, 1.82) is 0 Å². The van der Waals surface area contributed by atoms with E-state index in [1.54, 1.807) is 0 Å². The van der Waals surface area contributed by atoms with Crippen LogP contribution >= 0.6 is 0 Å². The van der Waals surface area contributed by atoms with Crippen molar-refractivity contribution in [1.82, 2.24) is 4.98 Å². The largest absolute Gasteiger partial charge is 0.250 e. The van der Waals surface area contributed by atoms with Gasteiger partial charge < -0.3 is 0 Å². The van der Waals surface area contributed by atoms with Gasteiger partial charge in [-0.1, -0.05) is 12.1 Å². The second-order valence-electron chi connectivity index (χ2n) is 2.88. The van der Waals surface area contributed by atoms with E-state index in [2.05, 4.69) is 11.1 Å². The van der Waals surface area contributed by atoms with Crippen molar-refractivity contribution < 1.29 is 13.2 Å². The van der Waals surface area contributed by atoms with Crippen LogP contribution in [0.25, 0.3) is 11.3 Å². The van der Waals surface area contributed by atoms with Crippen LogP contribution in [-0.2, 0) is 0 Å². The summed E-state index contributed by atoms with van der Waals surface area (Å²) in [4.78, 5) is 3.50. The number of rotatable bonds is 1. The maximum Gasteiger partial charge on any atom is 0.152 e. The molecule has 0 aliphatic rings. The number of aromatic nitrogens is 1. The molecule has 2 aromatic rings. The van der Waals surface area contributed by atoms with E-state index in [1.165, 1.54) is 18.2 Å². The Kier molecular flexibility index (Phi) is 2.41. The molecule has 0 bridgehead atoms. The van der Waals surface area contributed by atoms with Crippen molar-refractivity contribution in [2.75, 3.05) is 0 Å². The van der Waals surface area contributed by atoms with Crippen LogP contribution in [0.2, 0.25) is 0 Å². The molecule has 0 fully saturated rings. The average Bonchev–Trinajstić information content (AvgIpc) is 2.20. The third kappa shape index (κ3) is 1.83. The summed E-state index contributed by atoms with van der Waals surface area (Å²) < 4.78 is 39.0. The van der Waals surface area contributed by atoms with E-state index in [0.29, 0.717) is 6.07 Å². The van der Waals surface area contributed by atoms with Crippen molar-refractivity contribution in [3.63, 3.8) is 0 Å². The van der Waals surface area contributed by atoms with Crippen LogP contribution < -0.4 is 0 Å². The van der Waals surface area contributed by atoms with Gasteiger partial charge in [0.05, 0.1) is 6.20 Å². The zero-order chi connectivity index (χ0) is 10.8. The quantitative estimate of drug-likeness (QED) is 0.702. The van der Waals surface area contributed by atoms with E-state index in [-0.39, 0.29) is 11.3 Å². The lowest BCUT2D eigenvalue weighted by Gasteiger charge is -2.02. The van der Waals surface area contributed by atoms with E-state index in [4.69, 9.17) is 0 Å². The normalized spacial score (nSPS) is 10.3. The average molecular weight is 208 g/mol. The van der Waals surface area contributed by atoms with Crippen molar-refractivity contribution >= 4 is 0 Å². The summed E-state index contributed by atoms with van der Waals surface area (Å²) in [5.74, 6) is -2.40. The Balaban J connectivity index is 2.60. The highest BCUT2D eigenvalue weighted by Crippen LogP contribution is 2.22. The molecular formula is C11H5F3N. The summed E-state index contributed by atoms with van der Waals surface area (Å²) in [6, 6.07) is 7.16. The molecule has 1 aromatic carbocycles. The smallest absolute Gasteiger partial charge is 0.152 e. The number of benzene rings is 1. The van der Waals surface area contributed by atoms with Gasteiger partial charge >= 0.3 is 0 Å². The first-order valence-corrected chi connectivity index (χ1v) is 4.16. The van der Waals surface area contributed by atoms with Gasteiger partial charge in [-0.3, -0.25) is 4.98 Å². The Morgan fingerprint density at radius 3 is 2.67 bits per heavy atom. The van der Waals surface area contributed by atoms with Crippen LogP contribution in [-0.4, -0.2) is 4.98 Å². The molecule has 75 valence electrons. The van der Waals surface area contributed by atoms with Crippen molar-refractivity contribution in [2.45, 2.75) is 0 Å². The minimum atomic E-state index is -0.895.